The maximum absolute atomic E-state index is 11.6. The van der Waals surface area contributed by atoms with Crippen molar-refractivity contribution in [2.24, 2.45) is 0 Å². The molecule has 1 aromatic heterocycles. The zero-order valence-electron chi connectivity index (χ0n) is 13.7. The van der Waals surface area contributed by atoms with Crippen molar-refractivity contribution in [3.63, 3.8) is 0 Å². The smallest absolute Gasteiger partial charge is 0.211 e. The number of ether oxygens (including phenoxy) is 1. The lowest BCUT2D eigenvalue weighted by molar-refractivity contribution is -0.118. The van der Waals surface area contributed by atoms with Gasteiger partial charge in [-0.25, -0.2) is 13.1 Å². The molecule has 2 aliphatic rings. The molecule has 2 atom stereocenters. The first kappa shape index (κ1) is 17.0. The van der Waals surface area contributed by atoms with Gasteiger partial charge in [0, 0.05) is 31.7 Å². The molecule has 23 heavy (non-hydrogen) atoms. The lowest BCUT2D eigenvalue weighted by Crippen LogP contribution is -2.46. The van der Waals surface area contributed by atoms with E-state index in [2.05, 4.69) is 9.62 Å². The van der Waals surface area contributed by atoms with Gasteiger partial charge in [-0.15, -0.1) is 0 Å². The van der Waals surface area contributed by atoms with Crippen molar-refractivity contribution in [2.45, 2.75) is 50.9 Å². The Labute approximate surface area is 138 Å². The fourth-order valence-corrected chi connectivity index (χ4v) is 4.24. The van der Waals surface area contributed by atoms with Crippen LogP contribution in [0.25, 0.3) is 0 Å². The van der Waals surface area contributed by atoms with Crippen molar-refractivity contribution in [2.75, 3.05) is 25.4 Å². The van der Waals surface area contributed by atoms with Crippen LogP contribution in [0.2, 0.25) is 0 Å². The summed E-state index contributed by atoms with van der Waals surface area (Å²) in [7, 11) is -3.15. The Morgan fingerprint density at radius 1 is 1.43 bits per heavy atom. The van der Waals surface area contributed by atoms with Gasteiger partial charge in [-0.3, -0.25) is 4.90 Å². The quantitative estimate of drug-likeness (QED) is 0.852. The van der Waals surface area contributed by atoms with E-state index in [0.29, 0.717) is 6.54 Å². The van der Waals surface area contributed by atoms with E-state index < -0.39 is 10.0 Å². The number of likely N-dealkylation sites (tertiary alicyclic amines) is 1. The Balaban J connectivity index is 1.53. The van der Waals surface area contributed by atoms with Crippen LogP contribution < -0.4 is 4.72 Å². The molecule has 0 saturated carbocycles. The van der Waals surface area contributed by atoms with Crippen molar-refractivity contribution in [3.05, 3.63) is 24.2 Å². The number of hydrogen-bond donors (Lipinski definition) is 1. The Morgan fingerprint density at radius 2 is 2.30 bits per heavy atom. The van der Waals surface area contributed by atoms with Crippen LogP contribution in [-0.4, -0.2) is 50.4 Å². The highest BCUT2D eigenvalue weighted by atomic mass is 32.2. The average molecular weight is 342 g/mol. The first-order chi connectivity index (χ1) is 11.0. The number of nitrogens with zero attached hydrogens (tertiary/aromatic N) is 1. The number of sulfonamides is 1. The summed E-state index contributed by atoms with van der Waals surface area (Å²) in [5.74, 6) is 0.114. The Bertz CT molecular complexity index is 602. The molecule has 0 amide bonds. The predicted octanol–water partition coefficient (Wildman–Crippen LogP) is 1.73. The minimum Gasteiger partial charge on any atom is -0.472 e. The highest BCUT2D eigenvalue weighted by Crippen LogP contribution is 2.37. The molecule has 0 radical (unpaired) electrons. The topological polar surface area (TPSA) is 71.8 Å². The fraction of sp³-hybridized carbons (Fsp3) is 0.750. The molecular formula is C16H26N2O4S. The van der Waals surface area contributed by atoms with E-state index in [0.717, 1.165) is 45.3 Å². The van der Waals surface area contributed by atoms with Gasteiger partial charge in [0.05, 0.1) is 30.0 Å². The van der Waals surface area contributed by atoms with Gasteiger partial charge in [-0.05, 0) is 38.7 Å². The van der Waals surface area contributed by atoms with Crippen molar-refractivity contribution in [1.82, 2.24) is 9.62 Å². The minimum absolute atomic E-state index is 0.0149. The van der Waals surface area contributed by atoms with Crippen LogP contribution in [0.5, 0.6) is 0 Å². The van der Waals surface area contributed by atoms with Crippen molar-refractivity contribution in [1.29, 1.82) is 0 Å². The predicted molar refractivity (Wildman–Crippen MR) is 87.5 cm³/mol. The summed E-state index contributed by atoms with van der Waals surface area (Å²) >= 11 is 0. The molecule has 1 spiro atoms. The molecule has 2 aliphatic heterocycles. The Morgan fingerprint density at radius 3 is 3.04 bits per heavy atom. The maximum atomic E-state index is 11.6. The SMILES string of the molecule is CCS(=O)(=O)NC[C@@H]1CCC[C@]2(CCN(Cc3ccoc3)C2)O1. The van der Waals surface area contributed by atoms with Crippen molar-refractivity contribution >= 4 is 10.0 Å². The van der Waals surface area contributed by atoms with Gasteiger partial charge in [0.25, 0.3) is 0 Å². The molecule has 0 aromatic carbocycles. The summed E-state index contributed by atoms with van der Waals surface area (Å²) in [5, 5.41) is 0. The van der Waals surface area contributed by atoms with E-state index >= 15 is 0 Å². The van der Waals surface area contributed by atoms with E-state index in [1.165, 1.54) is 5.56 Å². The van der Waals surface area contributed by atoms with Crippen LogP contribution in [0.1, 0.15) is 38.2 Å². The molecule has 3 rings (SSSR count). The molecule has 0 aliphatic carbocycles. The fourth-order valence-electron chi connectivity index (χ4n) is 3.59. The van der Waals surface area contributed by atoms with Gasteiger partial charge in [-0.2, -0.15) is 0 Å². The third kappa shape index (κ3) is 4.35. The first-order valence-corrected chi connectivity index (χ1v) is 10.0. The molecule has 0 bridgehead atoms. The first-order valence-electron chi connectivity index (χ1n) is 8.39. The normalized spacial score (nSPS) is 29.3. The lowest BCUT2D eigenvalue weighted by atomic mass is 9.90. The molecule has 0 unspecified atom stereocenters. The average Bonchev–Trinajstić information content (AvgIpc) is 3.17. The number of hydrogen-bond acceptors (Lipinski definition) is 5. The second-order valence-corrected chi connectivity index (χ2v) is 8.75. The zero-order valence-corrected chi connectivity index (χ0v) is 14.5. The Kier molecular flexibility index (Phi) is 5.10. The van der Waals surface area contributed by atoms with Gasteiger partial charge in [-0.1, -0.05) is 0 Å². The highest BCUT2D eigenvalue weighted by molar-refractivity contribution is 7.89. The lowest BCUT2D eigenvalue weighted by Gasteiger charge is -2.39. The molecule has 2 saturated heterocycles. The van der Waals surface area contributed by atoms with Gasteiger partial charge in [0.15, 0.2) is 0 Å². The molecule has 130 valence electrons. The van der Waals surface area contributed by atoms with Crippen LogP contribution in [0.4, 0.5) is 0 Å². The molecule has 1 aromatic rings. The second-order valence-electron chi connectivity index (χ2n) is 6.66. The summed E-state index contributed by atoms with van der Waals surface area (Å²) in [6.07, 6.45) is 7.57. The van der Waals surface area contributed by atoms with Gasteiger partial charge < -0.3 is 9.15 Å². The molecule has 1 N–H and O–H groups in total. The maximum Gasteiger partial charge on any atom is 0.211 e. The number of furan rings is 1. The standard InChI is InChI=1S/C16H26N2O4S/c1-2-23(19,20)17-10-15-4-3-6-16(22-15)7-8-18(13-16)11-14-5-9-21-12-14/h5,9,12,15,17H,2-4,6-8,10-11,13H2,1H3/t15-,16+/m0/s1. The van der Waals surface area contributed by atoms with E-state index in [1.54, 1.807) is 19.5 Å². The summed E-state index contributed by atoms with van der Waals surface area (Å²) in [5.41, 5.74) is 1.08. The number of rotatable bonds is 6. The zero-order chi connectivity index (χ0) is 16.3. The molecule has 6 nitrogen and oxygen atoms in total. The number of nitrogens with one attached hydrogen (secondary N) is 1. The van der Waals surface area contributed by atoms with E-state index in [4.69, 9.17) is 9.15 Å². The largest absolute Gasteiger partial charge is 0.472 e. The van der Waals surface area contributed by atoms with Crippen molar-refractivity contribution in [3.8, 4) is 0 Å². The minimum atomic E-state index is -3.15. The summed E-state index contributed by atoms with van der Waals surface area (Å²) in [6, 6.07) is 2.00. The summed E-state index contributed by atoms with van der Waals surface area (Å²) in [4.78, 5) is 2.39. The van der Waals surface area contributed by atoms with E-state index in [-0.39, 0.29) is 17.5 Å². The summed E-state index contributed by atoms with van der Waals surface area (Å²) < 4.78 is 37.3. The van der Waals surface area contributed by atoms with E-state index in [9.17, 15) is 8.42 Å². The van der Waals surface area contributed by atoms with E-state index in [1.807, 2.05) is 6.07 Å². The Hall–Kier alpha value is -0.890. The van der Waals surface area contributed by atoms with Crippen LogP contribution in [0, 0.1) is 0 Å². The highest BCUT2D eigenvalue weighted by Gasteiger charge is 2.42. The molecular weight excluding hydrogens is 316 g/mol. The van der Waals surface area contributed by atoms with Crippen molar-refractivity contribution < 1.29 is 17.6 Å². The monoisotopic (exact) mass is 342 g/mol. The molecule has 3 heterocycles. The van der Waals surface area contributed by atoms with Crippen LogP contribution in [-0.2, 0) is 21.3 Å². The van der Waals surface area contributed by atoms with Crippen LogP contribution in [0.3, 0.4) is 0 Å². The molecule has 7 heteroatoms. The van der Waals surface area contributed by atoms with Crippen LogP contribution >= 0.6 is 0 Å². The molecule has 2 fully saturated rings. The van der Waals surface area contributed by atoms with Gasteiger partial charge in [0.1, 0.15) is 0 Å². The second kappa shape index (κ2) is 6.93. The summed E-state index contributed by atoms with van der Waals surface area (Å²) in [6.45, 7) is 4.85. The third-order valence-corrected chi connectivity index (χ3v) is 6.23. The van der Waals surface area contributed by atoms with Crippen LogP contribution in [0.15, 0.2) is 23.0 Å². The third-order valence-electron chi connectivity index (χ3n) is 4.87. The van der Waals surface area contributed by atoms with Gasteiger partial charge >= 0.3 is 0 Å². The van der Waals surface area contributed by atoms with Gasteiger partial charge in [0.2, 0.25) is 10.0 Å².